The summed E-state index contributed by atoms with van der Waals surface area (Å²) >= 11 is 4.88. The molecule has 2 nitrogen and oxygen atoms in total. The van der Waals surface area contributed by atoms with Gasteiger partial charge in [0.25, 0.3) is 0 Å². The Balaban J connectivity index is 1.82. The predicted molar refractivity (Wildman–Crippen MR) is 74.4 cm³/mol. The molecule has 3 heteroatoms. The Morgan fingerprint density at radius 1 is 1.24 bits per heavy atom. The molecule has 2 N–H and O–H groups in total. The standard InChI is InChI=1S/C14H19NOS/c15-14(17)9-11-5-7-13(8-6-11)16-10-12-3-1-2-4-12/h5-8,12H,1-4,9-10H2,(H2,15,17). The predicted octanol–water partition coefficient (Wildman–Crippen LogP) is 3.08. The summed E-state index contributed by atoms with van der Waals surface area (Å²) < 4.78 is 5.79. The highest BCUT2D eigenvalue weighted by molar-refractivity contribution is 7.80. The van der Waals surface area contributed by atoms with Crippen LogP contribution in [0.3, 0.4) is 0 Å². The summed E-state index contributed by atoms with van der Waals surface area (Å²) in [7, 11) is 0. The van der Waals surface area contributed by atoms with Crippen molar-refractivity contribution >= 4 is 17.2 Å². The van der Waals surface area contributed by atoms with E-state index in [0.717, 1.165) is 23.8 Å². The molecule has 1 aromatic carbocycles. The lowest BCUT2D eigenvalue weighted by Gasteiger charge is -2.11. The number of ether oxygens (including phenoxy) is 1. The fourth-order valence-corrected chi connectivity index (χ4v) is 2.46. The first-order valence-corrected chi connectivity index (χ1v) is 6.65. The maximum atomic E-state index is 5.79. The minimum atomic E-state index is 0.532. The Hall–Kier alpha value is -1.09. The van der Waals surface area contributed by atoms with Gasteiger partial charge in [-0.1, -0.05) is 37.2 Å². The molecular formula is C14H19NOS. The fourth-order valence-electron chi connectivity index (χ4n) is 2.30. The van der Waals surface area contributed by atoms with Crippen molar-refractivity contribution in [1.29, 1.82) is 0 Å². The minimum absolute atomic E-state index is 0.532. The Bertz CT molecular complexity index is 368. The van der Waals surface area contributed by atoms with Crippen LogP contribution in [0.1, 0.15) is 31.2 Å². The molecule has 0 radical (unpaired) electrons. The summed E-state index contributed by atoms with van der Waals surface area (Å²) in [5.74, 6) is 1.70. The van der Waals surface area contributed by atoms with Crippen LogP contribution in [0.4, 0.5) is 0 Å². The van der Waals surface area contributed by atoms with Gasteiger partial charge in [0.15, 0.2) is 0 Å². The number of benzene rings is 1. The van der Waals surface area contributed by atoms with Gasteiger partial charge in [-0.3, -0.25) is 0 Å². The van der Waals surface area contributed by atoms with E-state index in [9.17, 15) is 0 Å². The maximum Gasteiger partial charge on any atom is 0.119 e. The van der Waals surface area contributed by atoms with E-state index in [4.69, 9.17) is 22.7 Å². The van der Waals surface area contributed by atoms with Crippen LogP contribution in [0.5, 0.6) is 5.75 Å². The van der Waals surface area contributed by atoms with E-state index >= 15 is 0 Å². The molecule has 0 saturated heterocycles. The van der Waals surface area contributed by atoms with E-state index in [-0.39, 0.29) is 0 Å². The number of nitrogens with two attached hydrogens (primary N) is 1. The molecule has 0 heterocycles. The van der Waals surface area contributed by atoms with Gasteiger partial charge in [0.1, 0.15) is 5.75 Å². The number of rotatable bonds is 5. The van der Waals surface area contributed by atoms with E-state index in [1.54, 1.807) is 0 Å². The highest BCUT2D eigenvalue weighted by Gasteiger charge is 2.15. The normalized spacial score (nSPS) is 16.0. The molecule has 0 bridgehead atoms. The van der Waals surface area contributed by atoms with Crippen LogP contribution in [0.2, 0.25) is 0 Å². The van der Waals surface area contributed by atoms with E-state index in [2.05, 4.69) is 0 Å². The first kappa shape index (κ1) is 12.4. The van der Waals surface area contributed by atoms with Gasteiger partial charge in [-0.2, -0.15) is 0 Å². The van der Waals surface area contributed by atoms with Crippen molar-refractivity contribution in [2.75, 3.05) is 6.61 Å². The number of thiocarbonyl (C=S) groups is 1. The van der Waals surface area contributed by atoms with Crippen molar-refractivity contribution in [3.63, 3.8) is 0 Å². The van der Waals surface area contributed by atoms with Crippen molar-refractivity contribution in [3.8, 4) is 5.75 Å². The Morgan fingerprint density at radius 2 is 1.88 bits per heavy atom. The third-order valence-corrected chi connectivity index (χ3v) is 3.41. The van der Waals surface area contributed by atoms with Gasteiger partial charge in [0.05, 0.1) is 11.6 Å². The summed E-state index contributed by atoms with van der Waals surface area (Å²) in [6.07, 6.45) is 6.03. The van der Waals surface area contributed by atoms with Crippen molar-refractivity contribution < 1.29 is 4.74 Å². The second-order valence-electron chi connectivity index (χ2n) is 4.75. The van der Waals surface area contributed by atoms with Crippen molar-refractivity contribution in [3.05, 3.63) is 29.8 Å². The summed E-state index contributed by atoms with van der Waals surface area (Å²) in [6, 6.07) is 8.07. The molecule has 1 aliphatic carbocycles. The maximum absolute atomic E-state index is 5.79. The second kappa shape index (κ2) is 6.01. The Kier molecular flexibility index (Phi) is 4.37. The third-order valence-electron chi connectivity index (χ3n) is 3.26. The number of hydrogen-bond donors (Lipinski definition) is 1. The van der Waals surface area contributed by atoms with Gasteiger partial charge >= 0.3 is 0 Å². The van der Waals surface area contributed by atoms with Crippen molar-refractivity contribution in [2.45, 2.75) is 32.1 Å². The minimum Gasteiger partial charge on any atom is -0.493 e. The van der Waals surface area contributed by atoms with Gasteiger partial charge in [0, 0.05) is 6.42 Å². The lowest BCUT2D eigenvalue weighted by molar-refractivity contribution is 0.252. The average molecular weight is 249 g/mol. The second-order valence-corrected chi connectivity index (χ2v) is 5.27. The van der Waals surface area contributed by atoms with Gasteiger partial charge in [0.2, 0.25) is 0 Å². The Morgan fingerprint density at radius 3 is 2.47 bits per heavy atom. The molecule has 1 saturated carbocycles. The van der Waals surface area contributed by atoms with Gasteiger partial charge in [-0.15, -0.1) is 0 Å². The van der Waals surface area contributed by atoms with E-state index < -0.39 is 0 Å². The largest absolute Gasteiger partial charge is 0.493 e. The van der Waals surface area contributed by atoms with Crippen LogP contribution >= 0.6 is 12.2 Å². The molecule has 1 aliphatic rings. The van der Waals surface area contributed by atoms with Crippen LogP contribution in [0.25, 0.3) is 0 Å². The number of hydrogen-bond acceptors (Lipinski definition) is 2. The summed E-state index contributed by atoms with van der Waals surface area (Å²) in [6.45, 7) is 0.856. The summed E-state index contributed by atoms with van der Waals surface area (Å²) in [5.41, 5.74) is 6.65. The Labute approximate surface area is 108 Å². The molecule has 17 heavy (non-hydrogen) atoms. The third kappa shape index (κ3) is 4.00. The van der Waals surface area contributed by atoms with Crippen molar-refractivity contribution in [1.82, 2.24) is 0 Å². The van der Waals surface area contributed by atoms with Crippen LogP contribution in [-0.4, -0.2) is 11.6 Å². The first-order valence-electron chi connectivity index (χ1n) is 6.24. The zero-order chi connectivity index (χ0) is 12.1. The highest BCUT2D eigenvalue weighted by atomic mass is 32.1. The molecule has 0 amide bonds. The molecule has 92 valence electrons. The van der Waals surface area contributed by atoms with Gasteiger partial charge in [-0.25, -0.2) is 0 Å². The van der Waals surface area contributed by atoms with Crippen molar-refractivity contribution in [2.24, 2.45) is 11.7 Å². The van der Waals surface area contributed by atoms with Crippen LogP contribution < -0.4 is 10.5 Å². The lowest BCUT2D eigenvalue weighted by Crippen LogP contribution is -2.11. The molecule has 0 unspecified atom stereocenters. The lowest BCUT2D eigenvalue weighted by atomic mass is 10.1. The molecular weight excluding hydrogens is 230 g/mol. The molecule has 1 fully saturated rings. The molecule has 0 atom stereocenters. The SMILES string of the molecule is NC(=S)Cc1ccc(OCC2CCCC2)cc1. The van der Waals surface area contributed by atoms with Gasteiger partial charge < -0.3 is 10.5 Å². The monoisotopic (exact) mass is 249 g/mol. The van der Waals surface area contributed by atoms with Crippen LogP contribution in [-0.2, 0) is 6.42 Å². The zero-order valence-electron chi connectivity index (χ0n) is 10.0. The van der Waals surface area contributed by atoms with E-state index in [1.165, 1.54) is 25.7 Å². The highest BCUT2D eigenvalue weighted by Crippen LogP contribution is 2.25. The topological polar surface area (TPSA) is 35.2 Å². The van der Waals surface area contributed by atoms with E-state index in [0.29, 0.717) is 11.4 Å². The molecule has 1 aromatic rings. The molecule has 0 spiro atoms. The zero-order valence-corrected chi connectivity index (χ0v) is 10.8. The van der Waals surface area contributed by atoms with Crippen LogP contribution in [0.15, 0.2) is 24.3 Å². The van der Waals surface area contributed by atoms with E-state index in [1.807, 2.05) is 24.3 Å². The molecule has 0 aromatic heterocycles. The summed E-state index contributed by atoms with van der Waals surface area (Å²) in [5, 5.41) is 0. The molecule has 2 rings (SSSR count). The smallest absolute Gasteiger partial charge is 0.119 e. The average Bonchev–Trinajstić information content (AvgIpc) is 2.80. The first-order chi connectivity index (χ1) is 8.24. The summed E-state index contributed by atoms with van der Waals surface area (Å²) in [4.78, 5) is 0.532. The quantitative estimate of drug-likeness (QED) is 0.814. The fraction of sp³-hybridized carbons (Fsp3) is 0.500. The van der Waals surface area contributed by atoms with Gasteiger partial charge in [-0.05, 0) is 36.5 Å². The molecule has 0 aliphatic heterocycles. The van der Waals surface area contributed by atoms with Crippen LogP contribution in [0, 0.1) is 5.92 Å².